The summed E-state index contributed by atoms with van der Waals surface area (Å²) in [5, 5.41) is 2.82. The Morgan fingerprint density at radius 2 is 2.17 bits per heavy atom. The van der Waals surface area contributed by atoms with Crippen molar-refractivity contribution < 1.29 is 22.7 Å². The highest BCUT2D eigenvalue weighted by molar-refractivity contribution is 5.89. The summed E-state index contributed by atoms with van der Waals surface area (Å²) in [7, 11) is 0. The number of alkyl halides is 3. The highest BCUT2D eigenvalue weighted by Gasteiger charge is 2.36. The summed E-state index contributed by atoms with van der Waals surface area (Å²) in [6.45, 7) is 2.18. The number of urea groups is 1. The monoisotopic (exact) mass is 343 g/mol. The molecular weight excluding hydrogens is 323 g/mol. The molecule has 3 rings (SSSR count). The number of piperazine rings is 1. The number of ether oxygens (including phenoxy) is 1. The summed E-state index contributed by atoms with van der Waals surface area (Å²) < 4.78 is 43.0. The topological polar surface area (TPSA) is 44.8 Å². The molecule has 24 heavy (non-hydrogen) atoms. The average molecular weight is 343 g/mol. The van der Waals surface area contributed by atoms with E-state index < -0.39 is 12.7 Å². The van der Waals surface area contributed by atoms with Gasteiger partial charge in [0.25, 0.3) is 0 Å². The highest BCUT2D eigenvalue weighted by atomic mass is 19.4. The molecule has 2 aliphatic heterocycles. The van der Waals surface area contributed by atoms with Crippen LogP contribution in [-0.4, -0.2) is 60.8 Å². The minimum atomic E-state index is -4.22. The molecule has 0 aromatic heterocycles. The molecule has 5 nitrogen and oxygen atoms in total. The summed E-state index contributed by atoms with van der Waals surface area (Å²) in [5.74, 6) is 0.836. The average Bonchev–Trinajstić information content (AvgIpc) is 2.95. The van der Waals surface area contributed by atoms with E-state index in [-0.39, 0.29) is 31.7 Å². The van der Waals surface area contributed by atoms with Gasteiger partial charge in [0.05, 0.1) is 13.2 Å². The molecule has 1 N–H and O–H groups in total. The Labute approximate surface area is 138 Å². The fourth-order valence-corrected chi connectivity index (χ4v) is 3.11. The van der Waals surface area contributed by atoms with Crippen molar-refractivity contribution in [3.05, 3.63) is 23.8 Å². The molecule has 0 radical (unpaired) electrons. The van der Waals surface area contributed by atoms with Crippen LogP contribution >= 0.6 is 0 Å². The molecule has 0 unspecified atom stereocenters. The first-order valence-electron chi connectivity index (χ1n) is 7.94. The molecule has 0 spiro atoms. The number of nitrogens with one attached hydrogen (secondary N) is 1. The lowest BCUT2D eigenvalue weighted by atomic mass is 10.1. The van der Waals surface area contributed by atoms with Gasteiger partial charge >= 0.3 is 12.2 Å². The van der Waals surface area contributed by atoms with Crippen molar-refractivity contribution >= 4 is 11.7 Å². The summed E-state index contributed by atoms with van der Waals surface area (Å²) in [6, 6.07) is 4.85. The molecule has 1 saturated heterocycles. The maximum absolute atomic E-state index is 12.5. The van der Waals surface area contributed by atoms with Crippen LogP contribution in [0.3, 0.4) is 0 Å². The van der Waals surface area contributed by atoms with Crippen molar-refractivity contribution in [2.45, 2.75) is 25.6 Å². The van der Waals surface area contributed by atoms with Crippen molar-refractivity contribution in [2.24, 2.45) is 0 Å². The van der Waals surface area contributed by atoms with Crippen LogP contribution in [0.5, 0.6) is 5.75 Å². The molecule has 1 aromatic carbocycles. The minimum Gasteiger partial charge on any atom is -0.493 e. The van der Waals surface area contributed by atoms with Crippen LogP contribution in [0.25, 0.3) is 0 Å². The number of hydrogen-bond donors (Lipinski definition) is 1. The molecular formula is C16H20F3N3O2. The van der Waals surface area contributed by atoms with E-state index in [2.05, 4.69) is 5.32 Å². The van der Waals surface area contributed by atoms with Gasteiger partial charge in [-0.15, -0.1) is 0 Å². The first-order valence-corrected chi connectivity index (χ1v) is 7.94. The number of fused-ring (bicyclic) bond motifs is 1. The first kappa shape index (κ1) is 16.9. The third-order valence-corrected chi connectivity index (χ3v) is 4.38. The SMILES string of the molecule is C[C@@H]1CN(C(=O)Nc2ccc3c(c2)CCO3)CCN1CC(F)(F)F. The van der Waals surface area contributed by atoms with E-state index in [1.165, 1.54) is 4.90 Å². The largest absolute Gasteiger partial charge is 0.493 e. The van der Waals surface area contributed by atoms with Gasteiger partial charge in [0.1, 0.15) is 5.75 Å². The number of amides is 2. The summed E-state index contributed by atoms with van der Waals surface area (Å²) in [5.41, 5.74) is 1.73. The number of carbonyl (C=O) groups excluding carboxylic acids is 1. The number of halogens is 3. The van der Waals surface area contributed by atoms with Gasteiger partial charge in [-0.05, 0) is 30.7 Å². The Balaban J connectivity index is 1.57. The molecule has 1 aromatic rings. The van der Waals surface area contributed by atoms with Gasteiger partial charge in [-0.1, -0.05) is 0 Å². The third-order valence-electron chi connectivity index (χ3n) is 4.38. The van der Waals surface area contributed by atoms with Crippen molar-refractivity contribution in [1.82, 2.24) is 9.80 Å². The number of anilines is 1. The standard InChI is InChI=1S/C16H20F3N3O2/c1-11-9-21(5-6-22(11)10-16(17,18)19)15(23)20-13-2-3-14-12(8-13)4-7-24-14/h2-3,8,11H,4-7,9-10H2,1H3,(H,20,23)/t11-/m1/s1. The Morgan fingerprint density at radius 3 is 2.88 bits per heavy atom. The molecule has 132 valence electrons. The molecule has 1 fully saturated rings. The van der Waals surface area contributed by atoms with Gasteiger partial charge in [-0.25, -0.2) is 4.79 Å². The van der Waals surface area contributed by atoms with E-state index in [9.17, 15) is 18.0 Å². The van der Waals surface area contributed by atoms with Crippen LogP contribution in [0.2, 0.25) is 0 Å². The minimum absolute atomic E-state index is 0.214. The zero-order chi connectivity index (χ0) is 17.3. The van der Waals surface area contributed by atoms with Crippen molar-refractivity contribution in [1.29, 1.82) is 0 Å². The fraction of sp³-hybridized carbons (Fsp3) is 0.562. The molecule has 0 saturated carbocycles. The second-order valence-corrected chi connectivity index (χ2v) is 6.23. The molecule has 2 amide bonds. The van der Waals surface area contributed by atoms with Crippen molar-refractivity contribution in [3.63, 3.8) is 0 Å². The molecule has 2 heterocycles. The lowest BCUT2D eigenvalue weighted by Gasteiger charge is -2.39. The number of carbonyl (C=O) groups is 1. The van der Waals surface area contributed by atoms with Crippen LogP contribution in [-0.2, 0) is 6.42 Å². The number of rotatable bonds is 2. The number of nitrogens with zero attached hydrogens (tertiary/aromatic N) is 2. The maximum atomic E-state index is 12.5. The molecule has 0 bridgehead atoms. The predicted octanol–water partition coefficient (Wildman–Crippen LogP) is 2.72. The lowest BCUT2D eigenvalue weighted by Crippen LogP contribution is -2.56. The van der Waals surface area contributed by atoms with E-state index >= 15 is 0 Å². The van der Waals surface area contributed by atoms with Gasteiger partial charge in [0.15, 0.2) is 0 Å². The molecule has 8 heteroatoms. The summed E-state index contributed by atoms with van der Waals surface area (Å²) >= 11 is 0. The van der Waals surface area contributed by atoms with Gasteiger partial charge < -0.3 is 15.0 Å². The third kappa shape index (κ3) is 3.92. The van der Waals surface area contributed by atoms with Crippen LogP contribution in [0, 0.1) is 0 Å². The maximum Gasteiger partial charge on any atom is 0.401 e. The van der Waals surface area contributed by atoms with E-state index in [4.69, 9.17) is 4.74 Å². The van der Waals surface area contributed by atoms with Crippen LogP contribution < -0.4 is 10.1 Å². The highest BCUT2D eigenvalue weighted by Crippen LogP contribution is 2.28. The fourth-order valence-electron chi connectivity index (χ4n) is 3.11. The van der Waals surface area contributed by atoms with Crippen molar-refractivity contribution in [3.8, 4) is 5.75 Å². The van der Waals surface area contributed by atoms with Gasteiger partial charge in [0, 0.05) is 37.8 Å². The Morgan fingerprint density at radius 1 is 1.38 bits per heavy atom. The van der Waals surface area contributed by atoms with E-state index in [0.717, 1.165) is 17.7 Å². The Bertz CT molecular complexity index is 621. The second kappa shape index (κ2) is 6.51. The number of hydrogen-bond acceptors (Lipinski definition) is 3. The van der Waals surface area contributed by atoms with Crippen LogP contribution in [0.15, 0.2) is 18.2 Å². The van der Waals surface area contributed by atoms with E-state index in [1.807, 2.05) is 12.1 Å². The predicted molar refractivity (Wildman–Crippen MR) is 83.3 cm³/mol. The Hall–Kier alpha value is -1.96. The first-order chi connectivity index (χ1) is 11.3. The quantitative estimate of drug-likeness (QED) is 0.898. The van der Waals surface area contributed by atoms with E-state index in [1.54, 1.807) is 17.9 Å². The molecule has 0 aliphatic carbocycles. The second-order valence-electron chi connectivity index (χ2n) is 6.23. The van der Waals surface area contributed by atoms with Crippen molar-refractivity contribution in [2.75, 3.05) is 38.1 Å². The number of benzene rings is 1. The van der Waals surface area contributed by atoms with Gasteiger partial charge in [-0.3, -0.25) is 4.90 Å². The molecule has 2 aliphatic rings. The molecule has 1 atom stereocenters. The van der Waals surface area contributed by atoms with Gasteiger partial charge in [-0.2, -0.15) is 13.2 Å². The van der Waals surface area contributed by atoms with Crippen LogP contribution in [0.4, 0.5) is 23.7 Å². The Kier molecular flexibility index (Phi) is 4.58. The van der Waals surface area contributed by atoms with Gasteiger partial charge in [0.2, 0.25) is 0 Å². The van der Waals surface area contributed by atoms with E-state index in [0.29, 0.717) is 12.3 Å². The zero-order valence-corrected chi connectivity index (χ0v) is 13.4. The zero-order valence-electron chi connectivity index (χ0n) is 13.4. The smallest absolute Gasteiger partial charge is 0.401 e. The normalized spacial score (nSPS) is 21.3. The van der Waals surface area contributed by atoms with Crippen LogP contribution in [0.1, 0.15) is 12.5 Å². The lowest BCUT2D eigenvalue weighted by molar-refractivity contribution is -0.153. The summed E-state index contributed by atoms with van der Waals surface area (Å²) in [6.07, 6.45) is -3.41. The summed E-state index contributed by atoms with van der Waals surface area (Å²) in [4.78, 5) is 15.3.